The van der Waals surface area contributed by atoms with Crippen LogP contribution in [0.15, 0.2) is 29.2 Å². The molecule has 19 heavy (non-hydrogen) atoms. The van der Waals surface area contributed by atoms with Crippen LogP contribution in [0.2, 0.25) is 0 Å². The van der Waals surface area contributed by atoms with E-state index in [-0.39, 0.29) is 5.11 Å². The highest BCUT2D eigenvalue weighted by atomic mass is 32.2. The average Bonchev–Trinajstić information content (AvgIpc) is 2.36. The van der Waals surface area contributed by atoms with Crippen molar-refractivity contribution in [3.63, 3.8) is 0 Å². The van der Waals surface area contributed by atoms with Crippen LogP contribution in [0.1, 0.15) is 13.8 Å². The first-order valence-electron chi connectivity index (χ1n) is 5.90. The fourth-order valence-corrected chi connectivity index (χ4v) is 1.89. The van der Waals surface area contributed by atoms with E-state index < -0.39 is 6.09 Å². The number of hydrogen-bond donors (Lipinski definition) is 2. The molecule has 0 aliphatic heterocycles. The first-order valence-corrected chi connectivity index (χ1v) is 7.53. The predicted octanol–water partition coefficient (Wildman–Crippen LogP) is 3.49. The monoisotopic (exact) mass is 298 g/mol. The number of amides is 1. The number of thioether (sulfide) groups is 1. The van der Waals surface area contributed by atoms with Gasteiger partial charge in [-0.25, -0.2) is 4.79 Å². The lowest BCUT2D eigenvalue weighted by molar-refractivity contribution is 0.138. The minimum atomic E-state index is -0.535. The van der Waals surface area contributed by atoms with E-state index in [9.17, 15) is 4.79 Å². The van der Waals surface area contributed by atoms with Gasteiger partial charge >= 0.3 is 6.09 Å². The van der Waals surface area contributed by atoms with E-state index in [0.717, 1.165) is 10.6 Å². The fourth-order valence-electron chi connectivity index (χ4n) is 1.23. The summed E-state index contributed by atoms with van der Waals surface area (Å²) in [5.74, 6) is 0.297. The average molecular weight is 298 g/mol. The highest BCUT2D eigenvalue weighted by Gasteiger charge is 2.06. The number of rotatable bonds is 4. The van der Waals surface area contributed by atoms with Gasteiger partial charge in [-0.1, -0.05) is 19.9 Å². The van der Waals surface area contributed by atoms with Crippen molar-refractivity contribution in [2.45, 2.75) is 18.7 Å². The molecule has 104 valence electrons. The Balaban J connectivity index is 2.44. The zero-order chi connectivity index (χ0) is 14.3. The highest BCUT2D eigenvalue weighted by molar-refractivity contribution is 7.98. The second-order valence-electron chi connectivity index (χ2n) is 4.30. The van der Waals surface area contributed by atoms with Crippen molar-refractivity contribution < 1.29 is 9.53 Å². The predicted molar refractivity (Wildman–Crippen MR) is 83.8 cm³/mol. The summed E-state index contributed by atoms with van der Waals surface area (Å²) in [4.78, 5) is 12.5. The lowest BCUT2D eigenvalue weighted by atomic mass is 10.2. The summed E-state index contributed by atoms with van der Waals surface area (Å²) in [7, 11) is 0. The van der Waals surface area contributed by atoms with E-state index in [4.69, 9.17) is 17.0 Å². The molecule has 0 saturated heterocycles. The first kappa shape index (κ1) is 15.8. The smallest absolute Gasteiger partial charge is 0.413 e. The first-order chi connectivity index (χ1) is 9.01. The number of carbonyl (C=O) groups excluding carboxylic acids is 1. The van der Waals surface area contributed by atoms with Gasteiger partial charge in [-0.3, -0.25) is 5.32 Å². The summed E-state index contributed by atoms with van der Waals surface area (Å²) in [6, 6.07) is 7.77. The minimum Gasteiger partial charge on any atom is -0.449 e. The zero-order valence-corrected chi connectivity index (χ0v) is 12.9. The molecule has 1 aromatic carbocycles. The van der Waals surface area contributed by atoms with Crippen LogP contribution in [-0.4, -0.2) is 24.1 Å². The van der Waals surface area contributed by atoms with Crippen LogP contribution in [0.3, 0.4) is 0 Å². The summed E-state index contributed by atoms with van der Waals surface area (Å²) < 4.78 is 4.98. The SMILES string of the molecule is CSc1cccc(NC(=S)NC(=O)OCC(C)C)c1. The fraction of sp³-hybridized carbons (Fsp3) is 0.385. The second kappa shape index (κ2) is 8.01. The molecule has 1 aromatic rings. The molecule has 0 atom stereocenters. The molecular weight excluding hydrogens is 280 g/mol. The molecule has 6 heteroatoms. The molecule has 1 rings (SSSR count). The van der Waals surface area contributed by atoms with Crippen molar-refractivity contribution in [1.29, 1.82) is 0 Å². The largest absolute Gasteiger partial charge is 0.449 e. The van der Waals surface area contributed by atoms with Crippen molar-refractivity contribution in [2.24, 2.45) is 5.92 Å². The second-order valence-corrected chi connectivity index (χ2v) is 5.59. The molecule has 4 nitrogen and oxygen atoms in total. The number of benzene rings is 1. The standard InChI is InChI=1S/C13H18N2O2S2/c1-9(2)8-17-13(16)15-12(18)14-10-5-4-6-11(7-10)19-3/h4-7,9H,8H2,1-3H3,(H2,14,15,16,18). The Morgan fingerprint density at radius 2 is 2.21 bits per heavy atom. The third-order valence-corrected chi connectivity index (χ3v) is 3.02. The molecule has 0 aromatic heterocycles. The Kier molecular flexibility index (Phi) is 6.66. The van der Waals surface area contributed by atoms with Crippen LogP contribution in [0.5, 0.6) is 0 Å². The van der Waals surface area contributed by atoms with Gasteiger partial charge in [-0.05, 0) is 42.6 Å². The molecule has 0 heterocycles. The molecular formula is C13H18N2O2S2. The van der Waals surface area contributed by atoms with Crippen LogP contribution in [0, 0.1) is 5.92 Å². The van der Waals surface area contributed by atoms with Gasteiger partial charge in [0.05, 0.1) is 6.61 Å². The summed E-state index contributed by atoms with van der Waals surface area (Å²) in [5, 5.41) is 5.64. The zero-order valence-electron chi connectivity index (χ0n) is 11.2. The van der Waals surface area contributed by atoms with E-state index in [1.807, 2.05) is 44.4 Å². The third kappa shape index (κ3) is 6.45. The number of nitrogens with one attached hydrogen (secondary N) is 2. The maximum atomic E-state index is 11.4. The van der Waals surface area contributed by atoms with Crippen LogP contribution < -0.4 is 10.6 Å². The van der Waals surface area contributed by atoms with Crippen molar-refractivity contribution in [3.05, 3.63) is 24.3 Å². The van der Waals surface area contributed by atoms with Gasteiger partial charge in [0.2, 0.25) is 0 Å². The summed E-state index contributed by atoms with van der Waals surface area (Å²) in [5.41, 5.74) is 0.834. The molecule has 0 aliphatic rings. The normalized spacial score (nSPS) is 10.1. The Morgan fingerprint density at radius 3 is 2.84 bits per heavy atom. The van der Waals surface area contributed by atoms with E-state index >= 15 is 0 Å². The Hall–Kier alpha value is -1.27. The van der Waals surface area contributed by atoms with Gasteiger partial charge < -0.3 is 10.1 Å². The van der Waals surface area contributed by atoms with Crippen LogP contribution in [0.4, 0.5) is 10.5 Å². The van der Waals surface area contributed by atoms with E-state index in [2.05, 4.69) is 10.6 Å². The number of hydrogen-bond acceptors (Lipinski definition) is 4. The molecule has 0 fully saturated rings. The summed E-state index contributed by atoms with van der Waals surface area (Å²) in [6.07, 6.45) is 1.46. The highest BCUT2D eigenvalue weighted by Crippen LogP contribution is 2.18. The number of carbonyl (C=O) groups is 1. The molecule has 0 aliphatic carbocycles. The van der Waals surface area contributed by atoms with Crippen molar-refractivity contribution in [3.8, 4) is 0 Å². The van der Waals surface area contributed by atoms with Crippen LogP contribution in [0.25, 0.3) is 0 Å². The maximum absolute atomic E-state index is 11.4. The number of ether oxygens (including phenoxy) is 1. The van der Waals surface area contributed by atoms with Gasteiger partial charge in [-0.2, -0.15) is 0 Å². The van der Waals surface area contributed by atoms with E-state index in [0.29, 0.717) is 12.5 Å². The quantitative estimate of drug-likeness (QED) is 0.658. The molecule has 2 N–H and O–H groups in total. The molecule has 0 spiro atoms. The molecule has 0 bridgehead atoms. The number of anilines is 1. The van der Waals surface area contributed by atoms with Crippen molar-refractivity contribution in [2.75, 3.05) is 18.2 Å². The topological polar surface area (TPSA) is 50.4 Å². The van der Waals surface area contributed by atoms with Gasteiger partial charge in [0, 0.05) is 10.6 Å². The van der Waals surface area contributed by atoms with Gasteiger partial charge in [0.1, 0.15) is 0 Å². The number of thiocarbonyl (C=S) groups is 1. The van der Waals surface area contributed by atoms with Crippen LogP contribution >= 0.6 is 24.0 Å². The Bertz CT molecular complexity index is 450. The third-order valence-electron chi connectivity index (χ3n) is 2.09. The minimum absolute atomic E-state index is 0.229. The van der Waals surface area contributed by atoms with Gasteiger partial charge in [-0.15, -0.1) is 11.8 Å². The van der Waals surface area contributed by atoms with E-state index in [1.165, 1.54) is 0 Å². The lowest BCUT2D eigenvalue weighted by Crippen LogP contribution is -2.35. The molecule has 0 saturated carbocycles. The van der Waals surface area contributed by atoms with Gasteiger partial charge in [0.25, 0.3) is 0 Å². The molecule has 1 amide bonds. The Morgan fingerprint density at radius 1 is 1.47 bits per heavy atom. The maximum Gasteiger partial charge on any atom is 0.413 e. The van der Waals surface area contributed by atoms with E-state index in [1.54, 1.807) is 11.8 Å². The van der Waals surface area contributed by atoms with Crippen LogP contribution in [-0.2, 0) is 4.74 Å². The molecule has 0 radical (unpaired) electrons. The summed E-state index contributed by atoms with van der Waals surface area (Å²) in [6.45, 7) is 4.31. The lowest BCUT2D eigenvalue weighted by Gasteiger charge is -2.11. The molecule has 0 unspecified atom stereocenters. The number of alkyl carbamates (subject to hydrolysis) is 1. The summed E-state index contributed by atoms with van der Waals surface area (Å²) >= 11 is 6.68. The van der Waals surface area contributed by atoms with Crippen molar-refractivity contribution >= 4 is 40.9 Å². The Labute approximate surface area is 123 Å². The van der Waals surface area contributed by atoms with Gasteiger partial charge in [0.15, 0.2) is 5.11 Å². The van der Waals surface area contributed by atoms with Crippen molar-refractivity contribution in [1.82, 2.24) is 5.32 Å².